The number of aromatic nitrogens is 3. The molecule has 3 aliphatic heterocycles. The number of benzene rings is 1. The van der Waals surface area contributed by atoms with E-state index < -0.39 is 5.82 Å². The number of hydrogen-bond acceptors (Lipinski definition) is 9. The van der Waals surface area contributed by atoms with Crippen LogP contribution in [0.5, 0.6) is 17.2 Å². The van der Waals surface area contributed by atoms with Crippen molar-refractivity contribution in [3.63, 3.8) is 0 Å². The van der Waals surface area contributed by atoms with Crippen LogP contribution in [0.2, 0.25) is 0 Å². The van der Waals surface area contributed by atoms with Crippen molar-refractivity contribution < 1.29 is 23.4 Å². The van der Waals surface area contributed by atoms with Gasteiger partial charge in [-0.3, -0.25) is 9.78 Å². The number of piperidine rings is 1. The smallest absolute Gasteiger partial charge is 0.258 e. The highest BCUT2D eigenvalue weighted by Gasteiger charge is 2.34. The fraction of sp³-hybridized carbons (Fsp3) is 0.467. The van der Waals surface area contributed by atoms with Gasteiger partial charge >= 0.3 is 0 Å². The van der Waals surface area contributed by atoms with Gasteiger partial charge in [0.05, 0.1) is 31.0 Å². The minimum Gasteiger partial charge on any atom is -0.490 e. The quantitative estimate of drug-likeness (QED) is 0.440. The van der Waals surface area contributed by atoms with Gasteiger partial charge in [0.15, 0.2) is 11.6 Å². The van der Waals surface area contributed by atoms with Gasteiger partial charge in [-0.25, -0.2) is 14.4 Å². The summed E-state index contributed by atoms with van der Waals surface area (Å²) in [6.07, 6.45) is 7.49. The van der Waals surface area contributed by atoms with E-state index in [1.54, 1.807) is 11.1 Å². The number of carbonyl (C=O) groups is 1. The molecule has 216 valence electrons. The molecule has 41 heavy (non-hydrogen) atoms. The highest BCUT2D eigenvalue weighted by atomic mass is 19.1. The van der Waals surface area contributed by atoms with Crippen molar-refractivity contribution in [1.82, 2.24) is 25.2 Å². The van der Waals surface area contributed by atoms with E-state index in [2.05, 4.69) is 25.2 Å². The van der Waals surface area contributed by atoms with Crippen LogP contribution < -0.4 is 19.7 Å². The third kappa shape index (κ3) is 5.82. The maximum absolute atomic E-state index is 14.4. The van der Waals surface area contributed by atoms with Crippen LogP contribution in [-0.4, -0.2) is 76.8 Å². The molecule has 0 unspecified atom stereocenters. The van der Waals surface area contributed by atoms with E-state index in [4.69, 9.17) is 14.2 Å². The Labute approximate surface area is 238 Å². The zero-order valence-corrected chi connectivity index (χ0v) is 23.4. The van der Waals surface area contributed by atoms with Crippen LogP contribution in [0, 0.1) is 5.82 Å². The van der Waals surface area contributed by atoms with Crippen LogP contribution in [0.15, 0.2) is 43.0 Å². The van der Waals surface area contributed by atoms with Gasteiger partial charge in [-0.15, -0.1) is 0 Å². The molecular formula is C30H35FN6O4. The molecule has 0 spiro atoms. The van der Waals surface area contributed by atoms with Crippen molar-refractivity contribution in [2.24, 2.45) is 0 Å². The lowest BCUT2D eigenvalue weighted by molar-refractivity contribution is -0.0623. The minimum absolute atomic E-state index is 0.0494. The van der Waals surface area contributed by atoms with E-state index in [1.165, 1.54) is 24.5 Å². The number of nitrogens with one attached hydrogen (secondary N) is 1. The first kappa shape index (κ1) is 27.3. The Morgan fingerprint density at radius 2 is 1.98 bits per heavy atom. The van der Waals surface area contributed by atoms with Gasteiger partial charge in [0.1, 0.15) is 29.7 Å². The molecular weight excluding hydrogens is 527 g/mol. The molecule has 2 saturated heterocycles. The van der Waals surface area contributed by atoms with Gasteiger partial charge in [0.25, 0.3) is 5.91 Å². The van der Waals surface area contributed by atoms with Crippen molar-refractivity contribution in [2.75, 3.05) is 37.7 Å². The Balaban J connectivity index is 1.17. The molecule has 3 aliphatic rings. The molecule has 2 aromatic heterocycles. The summed E-state index contributed by atoms with van der Waals surface area (Å²) < 4.78 is 32.4. The van der Waals surface area contributed by atoms with Crippen molar-refractivity contribution in [1.29, 1.82) is 0 Å². The van der Waals surface area contributed by atoms with E-state index in [1.807, 2.05) is 26.1 Å². The summed E-state index contributed by atoms with van der Waals surface area (Å²) in [5.74, 6) is 1.39. The molecule has 2 fully saturated rings. The fourth-order valence-corrected chi connectivity index (χ4v) is 5.66. The van der Waals surface area contributed by atoms with E-state index in [9.17, 15) is 9.18 Å². The first-order chi connectivity index (χ1) is 20.0. The highest BCUT2D eigenvalue weighted by Crippen LogP contribution is 2.35. The number of rotatable bonds is 8. The molecule has 0 saturated carbocycles. The van der Waals surface area contributed by atoms with Crippen LogP contribution in [-0.2, 0) is 17.7 Å². The predicted molar refractivity (Wildman–Crippen MR) is 150 cm³/mol. The Morgan fingerprint density at radius 3 is 2.73 bits per heavy atom. The van der Waals surface area contributed by atoms with E-state index >= 15 is 0 Å². The van der Waals surface area contributed by atoms with Gasteiger partial charge in [0.2, 0.25) is 0 Å². The number of carbonyl (C=O) groups excluding carboxylic acids is 1. The van der Waals surface area contributed by atoms with Crippen LogP contribution in [0.25, 0.3) is 0 Å². The summed E-state index contributed by atoms with van der Waals surface area (Å²) in [6.45, 7) is 7.93. The number of amides is 1. The Kier molecular flexibility index (Phi) is 7.97. The van der Waals surface area contributed by atoms with Gasteiger partial charge in [0, 0.05) is 68.9 Å². The molecule has 0 atom stereocenters. The second-order valence-corrected chi connectivity index (χ2v) is 10.9. The monoisotopic (exact) mass is 562 g/mol. The average Bonchev–Trinajstić information content (AvgIpc) is 2.96. The summed E-state index contributed by atoms with van der Waals surface area (Å²) in [7, 11) is 0. The maximum Gasteiger partial charge on any atom is 0.258 e. The summed E-state index contributed by atoms with van der Waals surface area (Å²) in [6, 6.07) is 5.82. The summed E-state index contributed by atoms with van der Waals surface area (Å²) in [4.78, 5) is 30.7. The molecule has 1 N–H and O–H groups in total. The second kappa shape index (κ2) is 12.0. The van der Waals surface area contributed by atoms with Crippen molar-refractivity contribution >= 4 is 11.7 Å². The van der Waals surface area contributed by atoms with Gasteiger partial charge < -0.3 is 29.3 Å². The second-order valence-electron chi connectivity index (χ2n) is 10.9. The maximum atomic E-state index is 14.4. The lowest BCUT2D eigenvalue weighted by Gasteiger charge is -2.40. The highest BCUT2D eigenvalue weighted by molar-refractivity contribution is 5.97. The Morgan fingerprint density at radius 1 is 1.15 bits per heavy atom. The SMILES string of the molecule is CC(C)N(C(=O)c1cc(F)ccc1Oc1cncnc1N1CCC(Oc2ccnc3c2CNCC3)CC1)C1COC1. The lowest BCUT2D eigenvalue weighted by Crippen LogP contribution is -2.54. The van der Waals surface area contributed by atoms with Crippen LogP contribution in [0.4, 0.5) is 10.2 Å². The number of halogens is 1. The van der Waals surface area contributed by atoms with E-state index in [0.29, 0.717) is 37.9 Å². The zero-order valence-electron chi connectivity index (χ0n) is 23.4. The van der Waals surface area contributed by atoms with Crippen LogP contribution in [0.3, 0.4) is 0 Å². The average molecular weight is 563 g/mol. The van der Waals surface area contributed by atoms with Crippen molar-refractivity contribution in [2.45, 2.75) is 57.8 Å². The first-order valence-electron chi connectivity index (χ1n) is 14.2. The fourth-order valence-electron chi connectivity index (χ4n) is 5.66. The molecule has 0 aliphatic carbocycles. The molecule has 0 radical (unpaired) electrons. The van der Waals surface area contributed by atoms with E-state index in [0.717, 1.165) is 49.4 Å². The minimum atomic E-state index is -0.507. The Bertz CT molecular complexity index is 1390. The number of anilines is 1. The number of nitrogens with zero attached hydrogens (tertiary/aromatic N) is 5. The van der Waals surface area contributed by atoms with Gasteiger partial charge in [-0.05, 0) is 38.1 Å². The molecule has 6 rings (SSSR count). The van der Waals surface area contributed by atoms with Crippen LogP contribution >= 0.6 is 0 Å². The summed E-state index contributed by atoms with van der Waals surface area (Å²) >= 11 is 0. The van der Waals surface area contributed by atoms with Crippen molar-refractivity contribution in [3.8, 4) is 17.2 Å². The number of hydrogen-bond donors (Lipinski definition) is 1. The standard InChI is InChI=1S/C30H35FN6O4/c1-19(2)37(21-16-39-17-21)30(38)23-13-20(31)3-4-26(23)41-28-15-33-18-35-29(28)36-11-7-22(8-12-36)40-27-6-10-34-25-5-9-32-14-24(25)27/h3-4,6,10,13,15,18-19,21-22,32H,5,7-9,11-12,14,16-17H2,1-2H3. The number of fused-ring (bicyclic) bond motifs is 1. The number of pyridine rings is 1. The Hall–Kier alpha value is -3.83. The normalized spacial score (nSPS) is 17.6. The summed E-state index contributed by atoms with van der Waals surface area (Å²) in [5, 5.41) is 3.40. The largest absolute Gasteiger partial charge is 0.490 e. The van der Waals surface area contributed by atoms with Gasteiger partial charge in [-0.2, -0.15) is 0 Å². The van der Waals surface area contributed by atoms with Gasteiger partial charge in [-0.1, -0.05) is 0 Å². The zero-order chi connectivity index (χ0) is 28.3. The molecule has 3 aromatic rings. The molecule has 1 aromatic carbocycles. The topological polar surface area (TPSA) is 102 Å². The van der Waals surface area contributed by atoms with Crippen LogP contribution in [0.1, 0.15) is 48.3 Å². The first-order valence-corrected chi connectivity index (χ1v) is 14.2. The van der Waals surface area contributed by atoms with E-state index in [-0.39, 0.29) is 35.4 Å². The third-order valence-electron chi connectivity index (χ3n) is 7.83. The molecule has 10 nitrogen and oxygen atoms in total. The predicted octanol–water partition coefficient (Wildman–Crippen LogP) is 3.75. The van der Waals surface area contributed by atoms with Crippen molar-refractivity contribution in [3.05, 3.63) is 65.6 Å². The molecule has 5 heterocycles. The molecule has 11 heteroatoms. The number of ether oxygens (including phenoxy) is 3. The summed E-state index contributed by atoms with van der Waals surface area (Å²) in [5.41, 5.74) is 2.42. The lowest BCUT2D eigenvalue weighted by atomic mass is 10.0. The molecule has 1 amide bonds. The third-order valence-corrected chi connectivity index (χ3v) is 7.83. The molecule has 0 bridgehead atoms.